The maximum atomic E-state index is 11.7. The van der Waals surface area contributed by atoms with Crippen molar-refractivity contribution in [3.05, 3.63) is 47.2 Å². The number of rotatable bonds is 5. The van der Waals surface area contributed by atoms with Gasteiger partial charge in [0.2, 0.25) is 5.88 Å². The lowest BCUT2D eigenvalue weighted by molar-refractivity contribution is 0.200. The van der Waals surface area contributed by atoms with Crippen LogP contribution < -0.4 is 9.64 Å². The molecule has 7 nitrogen and oxygen atoms in total. The zero-order valence-electron chi connectivity index (χ0n) is 15.5. The second-order valence-corrected chi connectivity index (χ2v) is 9.88. The molecule has 28 heavy (non-hydrogen) atoms. The first-order valence-electron chi connectivity index (χ1n) is 9.37. The first-order valence-corrected chi connectivity index (χ1v) is 11.6. The van der Waals surface area contributed by atoms with E-state index in [1.807, 2.05) is 24.3 Å². The number of halogens is 1. The van der Waals surface area contributed by atoms with E-state index in [-0.39, 0.29) is 6.04 Å². The molecule has 1 aromatic carbocycles. The Hall–Kier alpha value is -1.90. The summed E-state index contributed by atoms with van der Waals surface area (Å²) in [5.74, 6) is 1.86. The summed E-state index contributed by atoms with van der Waals surface area (Å²) in [5.41, 5.74) is 0.972. The standard InChI is InChI=1S/C19H23ClN4O3S/c20-16-3-1-2-15(10-16)13-27-19-12-21-11-18(22-19)24-7-5-23(6-8-24)17-4-9-28(25,26)14-17/h1-3,10-12,17H,4-9,13-14H2. The Balaban J connectivity index is 1.33. The van der Waals surface area contributed by atoms with Crippen LogP contribution in [-0.4, -0.2) is 67.0 Å². The van der Waals surface area contributed by atoms with Gasteiger partial charge in [-0.15, -0.1) is 0 Å². The van der Waals surface area contributed by atoms with Crippen LogP contribution in [0.5, 0.6) is 5.88 Å². The van der Waals surface area contributed by atoms with Crippen LogP contribution in [0.3, 0.4) is 0 Å². The monoisotopic (exact) mass is 422 g/mol. The molecule has 3 heterocycles. The van der Waals surface area contributed by atoms with Crippen LogP contribution in [0, 0.1) is 0 Å². The molecule has 2 aliphatic heterocycles. The summed E-state index contributed by atoms with van der Waals surface area (Å²) in [4.78, 5) is 13.3. The summed E-state index contributed by atoms with van der Waals surface area (Å²) in [7, 11) is -2.85. The first-order chi connectivity index (χ1) is 13.5. The molecule has 4 rings (SSSR count). The van der Waals surface area contributed by atoms with Crippen LogP contribution in [-0.2, 0) is 16.4 Å². The van der Waals surface area contributed by atoms with Crippen molar-refractivity contribution >= 4 is 27.3 Å². The second kappa shape index (κ2) is 8.23. The molecule has 0 radical (unpaired) electrons. The Morgan fingerprint density at radius 3 is 2.71 bits per heavy atom. The highest BCUT2D eigenvalue weighted by molar-refractivity contribution is 7.91. The van der Waals surface area contributed by atoms with E-state index >= 15 is 0 Å². The molecule has 0 amide bonds. The zero-order chi connectivity index (χ0) is 19.6. The van der Waals surface area contributed by atoms with Crippen LogP contribution in [0.2, 0.25) is 5.02 Å². The summed E-state index contributed by atoms with van der Waals surface area (Å²) in [6, 6.07) is 7.68. The minimum absolute atomic E-state index is 0.158. The molecule has 1 unspecified atom stereocenters. The molecule has 2 saturated heterocycles. The highest BCUT2D eigenvalue weighted by atomic mass is 35.5. The van der Waals surface area contributed by atoms with Crippen molar-refractivity contribution in [2.24, 2.45) is 0 Å². The largest absolute Gasteiger partial charge is 0.472 e. The molecule has 9 heteroatoms. The van der Waals surface area contributed by atoms with Crippen LogP contribution >= 0.6 is 11.6 Å². The number of ether oxygens (including phenoxy) is 1. The molecule has 2 aromatic rings. The summed E-state index contributed by atoms with van der Waals surface area (Å²) in [5, 5.41) is 0.675. The predicted molar refractivity (Wildman–Crippen MR) is 109 cm³/mol. The van der Waals surface area contributed by atoms with Crippen LogP contribution in [0.25, 0.3) is 0 Å². The van der Waals surface area contributed by atoms with Crippen LogP contribution in [0.15, 0.2) is 36.7 Å². The summed E-state index contributed by atoms with van der Waals surface area (Å²) < 4.78 is 29.2. The van der Waals surface area contributed by atoms with Crippen LogP contribution in [0.4, 0.5) is 5.82 Å². The van der Waals surface area contributed by atoms with E-state index in [1.54, 1.807) is 12.4 Å². The predicted octanol–water partition coefficient (Wildman–Crippen LogP) is 2.02. The average molecular weight is 423 g/mol. The lowest BCUT2D eigenvalue weighted by Gasteiger charge is -2.38. The fourth-order valence-electron chi connectivity index (χ4n) is 3.72. The quantitative estimate of drug-likeness (QED) is 0.729. The van der Waals surface area contributed by atoms with Gasteiger partial charge in [0.1, 0.15) is 6.61 Å². The van der Waals surface area contributed by atoms with E-state index in [1.165, 1.54) is 0 Å². The number of piperazine rings is 1. The molecular weight excluding hydrogens is 400 g/mol. The number of aromatic nitrogens is 2. The normalized spacial score (nSPS) is 22.3. The van der Waals surface area contributed by atoms with E-state index < -0.39 is 9.84 Å². The lowest BCUT2D eigenvalue weighted by atomic mass is 10.2. The maximum Gasteiger partial charge on any atom is 0.234 e. The summed E-state index contributed by atoms with van der Waals surface area (Å²) in [6.45, 7) is 3.62. The van der Waals surface area contributed by atoms with Crippen molar-refractivity contribution in [2.75, 3.05) is 42.6 Å². The third-order valence-corrected chi connectivity index (χ3v) is 7.22. The number of hydrogen-bond donors (Lipinski definition) is 0. The SMILES string of the molecule is O=S1(=O)CCC(N2CCN(c3cncc(OCc4cccc(Cl)c4)n3)CC2)C1. The number of nitrogens with zero attached hydrogens (tertiary/aromatic N) is 4. The van der Waals surface area contributed by atoms with Gasteiger partial charge in [-0.05, 0) is 24.1 Å². The summed E-state index contributed by atoms with van der Waals surface area (Å²) in [6.07, 6.45) is 4.09. The van der Waals surface area contributed by atoms with Gasteiger partial charge in [-0.1, -0.05) is 23.7 Å². The van der Waals surface area contributed by atoms with Gasteiger partial charge < -0.3 is 9.64 Å². The molecule has 0 saturated carbocycles. The number of hydrogen-bond acceptors (Lipinski definition) is 7. The van der Waals surface area contributed by atoms with Crippen molar-refractivity contribution < 1.29 is 13.2 Å². The van der Waals surface area contributed by atoms with Gasteiger partial charge in [0.15, 0.2) is 15.7 Å². The Labute approximate surface area is 170 Å². The second-order valence-electron chi connectivity index (χ2n) is 7.21. The minimum atomic E-state index is -2.85. The summed E-state index contributed by atoms with van der Waals surface area (Å²) >= 11 is 6.00. The molecular formula is C19H23ClN4O3S. The van der Waals surface area contributed by atoms with Gasteiger partial charge in [-0.3, -0.25) is 9.88 Å². The smallest absolute Gasteiger partial charge is 0.234 e. The molecule has 2 aliphatic rings. The van der Waals surface area contributed by atoms with Crippen molar-refractivity contribution in [1.29, 1.82) is 0 Å². The topological polar surface area (TPSA) is 75.6 Å². The van der Waals surface area contributed by atoms with E-state index in [4.69, 9.17) is 16.3 Å². The van der Waals surface area contributed by atoms with Gasteiger partial charge in [0.05, 0.1) is 23.9 Å². The Kier molecular flexibility index (Phi) is 5.70. The van der Waals surface area contributed by atoms with Crippen molar-refractivity contribution in [2.45, 2.75) is 19.1 Å². The number of sulfone groups is 1. The molecule has 1 aromatic heterocycles. The van der Waals surface area contributed by atoms with Crippen molar-refractivity contribution in [1.82, 2.24) is 14.9 Å². The zero-order valence-corrected chi connectivity index (χ0v) is 17.1. The fourth-order valence-corrected chi connectivity index (χ4v) is 5.70. The fraction of sp³-hybridized carbons (Fsp3) is 0.474. The van der Waals surface area contributed by atoms with E-state index in [0.717, 1.165) is 44.0 Å². The highest BCUT2D eigenvalue weighted by Crippen LogP contribution is 2.22. The first kappa shape index (κ1) is 19.4. The van der Waals surface area contributed by atoms with Crippen LogP contribution in [0.1, 0.15) is 12.0 Å². The highest BCUT2D eigenvalue weighted by Gasteiger charge is 2.33. The van der Waals surface area contributed by atoms with E-state index in [2.05, 4.69) is 19.8 Å². The molecule has 0 spiro atoms. The maximum absolute atomic E-state index is 11.7. The molecule has 0 aliphatic carbocycles. The third kappa shape index (κ3) is 4.74. The van der Waals surface area contributed by atoms with E-state index in [0.29, 0.717) is 29.0 Å². The average Bonchev–Trinajstić information content (AvgIpc) is 3.07. The van der Waals surface area contributed by atoms with Gasteiger partial charge in [0.25, 0.3) is 0 Å². The third-order valence-electron chi connectivity index (χ3n) is 5.24. The van der Waals surface area contributed by atoms with Gasteiger partial charge in [0, 0.05) is 37.2 Å². The Bertz CT molecular complexity index is 932. The van der Waals surface area contributed by atoms with Gasteiger partial charge in [-0.25, -0.2) is 8.42 Å². The molecule has 150 valence electrons. The Morgan fingerprint density at radius 1 is 1.18 bits per heavy atom. The van der Waals surface area contributed by atoms with Crippen molar-refractivity contribution in [3.8, 4) is 5.88 Å². The molecule has 1 atom stereocenters. The number of benzene rings is 1. The lowest BCUT2D eigenvalue weighted by Crippen LogP contribution is -2.51. The molecule has 0 N–H and O–H groups in total. The molecule has 2 fully saturated rings. The van der Waals surface area contributed by atoms with Gasteiger partial charge >= 0.3 is 0 Å². The van der Waals surface area contributed by atoms with E-state index in [9.17, 15) is 8.42 Å². The minimum Gasteiger partial charge on any atom is -0.472 e. The number of anilines is 1. The van der Waals surface area contributed by atoms with Gasteiger partial charge in [-0.2, -0.15) is 4.98 Å². The van der Waals surface area contributed by atoms with Crippen molar-refractivity contribution in [3.63, 3.8) is 0 Å². The molecule has 0 bridgehead atoms. The Morgan fingerprint density at radius 2 is 2.00 bits per heavy atom.